The van der Waals surface area contributed by atoms with E-state index in [2.05, 4.69) is 5.92 Å². The van der Waals surface area contributed by atoms with Crippen molar-refractivity contribution in [3.8, 4) is 12.3 Å². The molecule has 0 bridgehead atoms. The lowest BCUT2D eigenvalue weighted by atomic mass is 10.6. The third-order valence-corrected chi connectivity index (χ3v) is 2.09. The quantitative estimate of drug-likeness (QED) is 0.549. The third kappa shape index (κ3) is 2.82. The summed E-state index contributed by atoms with van der Waals surface area (Å²) in [6.45, 7) is 2.01. The Balaban J connectivity index is 4.26. The van der Waals surface area contributed by atoms with Gasteiger partial charge in [0.15, 0.2) is 0 Å². The first-order valence-electron chi connectivity index (χ1n) is 2.73. The maximum absolute atomic E-state index is 10.6. The van der Waals surface area contributed by atoms with Crippen molar-refractivity contribution >= 4 is 10.2 Å². The van der Waals surface area contributed by atoms with Gasteiger partial charge in [-0.05, 0) is 0 Å². The summed E-state index contributed by atoms with van der Waals surface area (Å²) in [5, 5.41) is 4.78. The lowest BCUT2D eigenvalue weighted by Gasteiger charge is -2.12. The van der Waals surface area contributed by atoms with Crippen molar-refractivity contribution in [1.29, 1.82) is 0 Å². The Morgan fingerprint density at radius 2 is 2.20 bits per heavy atom. The Kier molecular flexibility index (Phi) is 3.36. The van der Waals surface area contributed by atoms with Crippen molar-refractivity contribution in [2.45, 2.75) is 6.92 Å². The van der Waals surface area contributed by atoms with Gasteiger partial charge in [-0.3, -0.25) is 0 Å². The molecule has 58 valence electrons. The van der Waals surface area contributed by atoms with Crippen LogP contribution in [0, 0.1) is 12.3 Å². The number of hydrogen-bond donors (Lipinski definition) is 1. The number of hydrogen-bond acceptors (Lipinski definition) is 2. The molecule has 0 aromatic heterocycles. The molecule has 4 nitrogen and oxygen atoms in total. The van der Waals surface area contributed by atoms with E-state index in [1.165, 1.54) is 0 Å². The normalized spacial score (nSPS) is 11.4. The van der Waals surface area contributed by atoms with Gasteiger partial charge in [-0.2, -0.15) is 12.7 Å². The van der Waals surface area contributed by atoms with E-state index in [4.69, 9.17) is 11.6 Å². The summed E-state index contributed by atoms with van der Waals surface area (Å²) in [7, 11) is -3.59. The van der Waals surface area contributed by atoms with Gasteiger partial charge in [0.1, 0.15) is 0 Å². The maximum atomic E-state index is 10.6. The van der Waals surface area contributed by atoms with Gasteiger partial charge in [0, 0.05) is 6.54 Å². The molecule has 0 rings (SSSR count). The van der Waals surface area contributed by atoms with Crippen LogP contribution in [-0.2, 0) is 10.2 Å². The molecule has 0 unspecified atom stereocenters. The number of nitrogens with zero attached hydrogens (tertiary/aromatic N) is 1. The average molecular weight is 162 g/mol. The molecular weight excluding hydrogens is 152 g/mol. The summed E-state index contributed by atoms with van der Waals surface area (Å²) in [4.78, 5) is 0. The summed E-state index contributed by atoms with van der Waals surface area (Å²) in [5.41, 5.74) is 0. The Morgan fingerprint density at radius 1 is 1.70 bits per heavy atom. The van der Waals surface area contributed by atoms with Crippen LogP contribution in [0.15, 0.2) is 0 Å². The second kappa shape index (κ2) is 3.56. The molecule has 10 heavy (non-hydrogen) atoms. The molecule has 0 atom stereocenters. The van der Waals surface area contributed by atoms with Crippen molar-refractivity contribution in [1.82, 2.24) is 4.31 Å². The van der Waals surface area contributed by atoms with Crippen molar-refractivity contribution in [3.63, 3.8) is 0 Å². The van der Waals surface area contributed by atoms with Crippen LogP contribution in [-0.4, -0.2) is 25.8 Å². The molecule has 0 aliphatic carbocycles. The lowest BCUT2D eigenvalue weighted by Crippen LogP contribution is -2.36. The standard InChI is InChI=1S/C5H10N2O2S/c1-3-5-7(4-2)10(6,8)9/h1H,4-5H2,2H3,(H2,6,8,9). The van der Waals surface area contributed by atoms with Crippen LogP contribution in [0.4, 0.5) is 0 Å². The molecule has 0 aliphatic rings. The van der Waals surface area contributed by atoms with Crippen LogP contribution < -0.4 is 5.14 Å². The van der Waals surface area contributed by atoms with Gasteiger partial charge in [-0.1, -0.05) is 12.8 Å². The summed E-state index contributed by atoms with van der Waals surface area (Å²) < 4.78 is 22.1. The summed E-state index contributed by atoms with van der Waals surface area (Å²) in [6, 6.07) is 0. The number of nitrogens with two attached hydrogens (primary N) is 1. The number of rotatable bonds is 3. The minimum Gasteiger partial charge on any atom is -0.216 e. The molecule has 0 aliphatic heterocycles. The SMILES string of the molecule is C#CCN(CC)S(N)(=O)=O. The molecular formula is C5H10N2O2S. The minimum atomic E-state index is -3.59. The van der Waals surface area contributed by atoms with Crippen molar-refractivity contribution < 1.29 is 8.42 Å². The van der Waals surface area contributed by atoms with Crippen molar-refractivity contribution in [2.75, 3.05) is 13.1 Å². The highest BCUT2D eigenvalue weighted by Crippen LogP contribution is 1.90. The minimum absolute atomic E-state index is 0.0370. The molecule has 0 aromatic carbocycles. The second-order valence-electron chi connectivity index (χ2n) is 1.68. The Labute approximate surface area is 61.2 Å². The van der Waals surface area contributed by atoms with Gasteiger partial charge >= 0.3 is 0 Å². The molecule has 0 fully saturated rings. The Morgan fingerprint density at radius 3 is 2.30 bits per heavy atom. The molecule has 5 heteroatoms. The van der Waals surface area contributed by atoms with Gasteiger partial charge in [-0.25, -0.2) is 5.14 Å². The van der Waals surface area contributed by atoms with E-state index in [0.29, 0.717) is 6.54 Å². The van der Waals surface area contributed by atoms with Gasteiger partial charge in [0.2, 0.25) is 0 Å². The largest absolute Gasteiger partial charge is 0.277 e. The van der Waals surface area contributed by atoms with Gasteiger partial charge in [0.25, 0.3) is 10.2 Å². The summed E-state index contributed by atoms with van der Waals surface area (Å²) in [5.74, 6) is 2.19. The zero-order chi connectivity index (χ0) is 8.20. The first-order chi connectivity index (χ1) is 4.52. The predicted molar refractivity (Wildman–Crippen MR) is 39.2 cm³/mol. The van der Waals surface area contributed by atoms with Gasteiger partial charge in [0.05, 0.1) is 6.54 Å². The molecule has 0 saturated heterocycles. The van der Waals surface area contributed by atoms with E-state index in [1.807, 2.05) is 0 Å². The van der Waals surface area contributed by atoms with Crippen LogP contribution in [0.5, 0.6) is 0 Å². The highest BCUT2D eigenvalue weighted by Gasteiger charge is 2.12. The highest BCUT2D eigenvalue weighted by atomic mass is 32.2. The summed E-state index contributed by atoms with van der Waals surface area (Å²) >= 11 is 0. The molecule has 0 amide bonds. The van der Waals surface area contributed by atoms with Crippen LogP contribution in [0.1, 0.15) is 6.92 Å². The van der Waals surface area contributed by atoms with Gasteiger partial charge in [-0.15, -0.1) is 6.42 Å². The fourth-order valence-electron chi connectivity index (χ4n) is 0.484. The predicted octanol–water partition coefficient (Wildman–Crippen LogP) is -0.855. The smallest absolute Gasteiger partial charge is 0.216 e. The fraction of sp³-hybridized carbons (Fsp3) is 0.600. The lowest BCUT2D eigenvalue weighted by molar-refractivity contribution is 0.465. The third-order valence-electron chi connectivity index (χ3n) is 0.980. The monoisotopic (exact) mass is 162 g/mol. The van der Waals surface area contributed by atoms with E-state index in [-0.39, 0.29) is 6.54 Å². The van der Waals surface area contributed by atoms with Gasteiger partial charge < -0.3 is 0 Å². The van der Waals surface area contributed by atoms with Crippen molar-refractivity contribution in [3.05, 3.63) is 0 Å². The van der Waals surface area contributed by atoms with Crippen LogP contribution in [0.25, 0.3) is 0 Å². The van der Waals surface area contributed by atoms with Crippen LogP contribution in [0.3, 0.4) is 0 Å². The Hall–Kier alpha value is -0.570. The first-order valence-corrected chi connectivity index (χ1v) is 4.24. The van der Waals surface area contributed by atoms with Crippen LogP contribution in [0.2, 0.25) is 0 Å². The molecule has 0 saturated carbocycles. The highest BCUT2D eigenvalue weighted by molar-refractivity contribution is 7.86. The molecule has 0 radical (unpaired) electrons. The zero-order valence-corrected chi connectivity index (χ0v) is 6.56. The maximum Gasteiger partial charge on any atom is 0.277 e. The molecule has 2 N–H and O–H groups in total. The van der Waals surface area contributed by atoms with Crippen LogP contribution >= 0.6 is 0 Å². The average Bonchev–Trinajstić information content (AvgIpc) is 1.80. The fourth-order valence-corrected chi connectivity index (χ4v) is 1.10. The molecule has 0 spiro atoms. The molecule has 0 aromatic rings. The zero-order valence-electron chi connectivity index (χ0n) is 5.74. The van der Waals surface area contributed by atoms with E-state index in [1.54, 1.807) is 6.92 Å². The topological polar surface area (TPSA) is 63.4 Å². The first kappa shape index (κ1) is 9.43. The number of terminal acetylenes is 1. The van der Waals surface area contributed by atoms with E-state index in [0.717, 1.165) is 4.31 Å². The van der Waals surface area contributed by atoms with Crippen molar-refractivity contribution in [2.24, 2.45) is 5.14 Å². The summed E-state index contributed by atoms with van der Waals surface area (Å²) in [6.07, 6.45) is 4.89. The van der Waals surface area contributed by atoms with E-state index < -0.39 is 10.2 Å². The Bertz CT molecular complexity index is 227. The second-order valence-corrected chi connectivity index (χ2v) is 3.22. The van der Waals surface area contributed by atoms with E-state index >= 15 is 0 Å². The van der Waals surface area contributed by atoms with E-state index in [9.17, 15) is 8.42 Å². The molecule has 0 heterocycles.